The minimum absolute atomic E-state index is 0.445. The number of ether oxygens (including phenoxy) is 1. The third-order valence-electron chi connectivity index (χ3n) is 1.72. The van der Waals surface area contributed by atoms with Crippen LogP contribution in [0.3, 0.4) is 0 Å². The van der Waals surface area contributed by atoms with E-state index in [0.717, 1.165) is 5.56 Å². The molecule has 0 unspecified atom stereocenters. The van der Waals surface area contributed by atoms with Gasteiger partial charge in [-0.3, -0.25) is 0 Å². The van der Waals surface area contributed by atoms with Gasteiger partial charge < -0.3 is 4.74 Å². The van der Waals surface area contributed by atoms with Crippen molar-refractivity contribution < 1.29 is 4.74 Å². The molecule has 3 nitrogen and oxygen atoms in total. The van der Waals surface area contributed by atoms with Crippen molar-refractivity contribution in [2.45, 2.75) is 13.5 Å². The second-order valence-electron chi connectivity index (χ2n) is 2.78. The SMILES string of the molecule is CCOCc1cc(C#N)cc(C#N)c1. The van der Waals surface area contributed by atoms with Crippen LogP contribution in [0, 0.1) is 22.7 Å². The molecule has 1 aromatic carbocycles. The Morgan fingerprint density at radius 1 is 1.14 bits per heavy atom. The molecule has 0 radical (unpaired) electrons. The quantitative estimate of drug-likeness (QED) is 0.725. The zero-order valence-corrected chi connectivity index (χ0v) is 7.95. The second kappa shape index (κ2) is 5.01. The van der Waals surface area contributed by atoms with E-state index in [4.69, 9.17) is 15.3 Å². The molecule has 0 aromatic heterocycles. The van der Waals surface area contributed by atoms with Crippen LogP contribution in [0.5, 0.6) is 0 Å². The second-order valence-corrected chi connectivity index (χ2v) is 2.78. The van der Waals surface area contributed by atoms with Gasteiger partial charge in [-0.25, -0.2) is 0 Å². The van der Waals surface area contributed by atoms with E-state index in [-0.39, 0.29) is 0 Å². The Bertz CT molecular complexity index is 366. The summed E-state index contributed by atoms with van der Waals surface area (Å²) in [7, 11) is 0. The lowest BCUT2D eigenvalue weighted by Crippen LogP contribution is -1.93. The molecule has 70 valence electrons. The molecule has 0 bridgehead atoms. The van der Waals surface area contributed by atoms with Crippen molar-refractivity contribution in [2.24, 2.45) is 0 Å². The summed E-state index contributed by atoms with van der Waals surface area (Å²) in [5, 5.41) is 17.4. The van der Waals surface area contributed by atoms with E-state index < -0.39 is 0 Å². The van der Waals surface area contributed by atoms with Crippen LogP contribution in [0.25, 0.3) is 0 Å². The van der Waals surface area contributed by atoms with Crippen molar-refractivity contribution in [1.29, 1.82) is 10.5 Å². The fourth-order valence-corrected chi connectivity index (χ4v) is 1.12. The molecule has 0 saturated heterocycles. The Balaban J connectivity index is 2.95. The van der Waals surface area contributed by atoms with E-state index in [9.17, 15) is 0 Å². The van der Waals surface area contributed by atoms with Crippen molar-refractivity contribution in [3.05, 3.63) is 34.9 Å². The fraction of sp³-hybridized carbons (Fsp3) is 0.273. The van der Waals surface area contributed by atoms with Crippen LogP contribution in [0.4, 0.5) is 0 Å². The zero-order chi connectivity index (χ0) is 10.4. The lowest BCUT2D eigenvalue weighted by Gasteiger charge is -2.02. The molecule has 0 aliphatic rings. The van der Waals surface area contributed by atoms with Gasteiger partial charge in [-0.05, 0) is 30.7 Å². The van der Waals surface area contributed by atoms with Crippen molar-refractivity contribution in [3.8, 4) is 12.1 Å². The Morgan fingerprint density at radius 2 is 1.71 bits per heavy atom. The van der Waals surface area contributed by atoms with Gasteiger partial charge in [-0.1, -0.05) is 0 Å². The first-order chi connectivity index (χ1) is 6.80. The zero-order valence-electron chi connectivity index (χ0n) is 7.95. The molecule has 3 heteroatoms. The van der Waals surface area contributed by atoms with Gasteiger partial charge in [-0.2, -0.15) is 10.5 Å². The molecule has 0 heterocycles. The Kier molecular flexibility index (Phi) is 3.67. The van der Waals surface area contributed by atoms with Gasteiger partial charge in [0, 0.05) is 6.61 Å². The molecule has 1 aromatic rings. The van der Waals surface area contributed by atoms with Crippen LogP contribution < -0.4 is 0 Å². The monoisotopic (exact) mass is 186 g/mol. The fourth-order valence-electron chi connectivity index (χ4n) is 1.12. The van der Waals surface area contributed by atoms with Gasteiger partial charge in [-0.15, -0.1) is 0 Å². The molecular formula is C11H10N2O. The van der Waals surface area contributed by atoms with Crippen LogP contribution in [0.2, 0.25) is 0 Å². The molecule has 0 spiro atoms. The minimum atomic E-state index is 0.445. The first kappa shape index (κ1) is 10.2. The number of benzene rings is 1. The third kappa shape index (κ3) is 2.58. The molecular weight excluding hydrogens is 176 g/mol. The highest BCUT2D eigenvalue weighted by molar-refractivity contribution is 5.42. The van der Waals surface area contributed by atoms with Gasteiger partial charge in [0.2, 0.25) is 0 Å². The van der Waals surface area contributed by atoms with Crippen LogP contribution in [-0.4, -0.2) is 6.61 Å². The molecule has 0 N–H and O–H groups in total. The van der Waals surface area contributed by atoms with E-state index in [1.807, 2.05) is 19.1 Å². The number of hydrogen-bond donors (Lipinski definition) is 0. The van der Waals surface area contributed by atoms with Crippen LogP contribution >= 0.6 is 0 Å². The lowest BCUT2D eigenvalue weighted by atomic mass is 10.1. The maximum Gasteiger partial charge on any atom is 0.0992 e. The Labute approximate surface area is 83.2 Å². The Hall–Kier alpha value is -1.84. The molecule has 0 saturated carbocycles. The molecule has 14 heavy (non-hydrogen) atoms. The topological polar surface area (TPSA) is 56.8 Å². The van der Waals surface area contributed by atoms with Gasteiger partial charge in [0.1, 0.15) is 0 Å². The first-order valence-corrected chi connectivity index (χ1v) is 4.32. The summed E-state index contributed by atoms with van der Waals surface area (Å²) in [5.74, 6) is 0. The number of rotatable bonds is 3. The summed E-state index contributed by atoms with van der Waals surface area (Å²) in [6.07, 6.45) is 0. The van der Waals surface area contributed by atoms with Crippen LogP contribution in [0.15, 0.2) is 18.2 Å². The number of nitriles is 2. The third-order valence-corrected chi connectivity index (χ3v) is 1.72. The largest absolute Gasteiger partial charge is 0.377 e. The highest BCUT2D eigenvalue weighted by atomic mass is 16.5. The Morgan fingerprint density at radius 3 is 2.14 bits per heavy atom. The van der Waals surface area contributed by atoms with Crippen molar-refractivity contribution in [3.63, 3.8) is 0 Å². The average molecular weight is 186 g/mol. The van der Waals surface area contributed by atoms with Crippen molar-refractivity contribution in [2.75, 3.05) is 6.61 Å². The summed E-state index contributed by atoms with van der Waals surface area (Å²) in [6.45, 7) is 2.97. The minimum Gasteiger partial charge on any atom is -0.377 e. The maximum absolute atomic E-state index is 8.71. The van der Waals surface area contributed by atoms with Crippen molar-refractivity contribution in [1.82, 2.24) is 0 Å². The lowest BCUT2D eigenvalue weighted by molar-refractivity contribution is 0.134. The molecule has 0 amide bonds. The molecule has 0 fully saturated rings. The van der Waals surface area contributed by atoms with Crippen LogP contribution in [0.1, 0.15) is 23.6 Å². The maximum atomic E-state index is 8.71. The molecule has 0 aliphatic carbocycles. The predicted molar refractivity (Wildman–Crippen MR) is 51.2 cm³/mol. The van der Waals surface area contributed by atoms with Gasteiger partial charge in [0.15, 0.2) is 0 Å². The van der Waals surface area contributed by atoms with Gasteiger partial charge in [0.05, 0.1) is 29.9 Å². The summed E-state index contributed by atoms with van der Waals surface area (Å²) in [5.41, 5.74) is 1.86. The standard InChI is InChI=1S/C11H10N2O/c1-2-14-8-11-4-9(6-12)3-10(5-11)7-13/h3-5H,2,8H2,1H3. The van der Waals surface area contributed by atoms with E-state index in [1.165, 1.54) is 0 Å². The molecule has 0 atom stereocenters. The normalized spacial score (nSPS) is 9.07. The molecule has 1 rings (SSSR count). The van der Waals surface area contributed by atoms with E-state index in [0.29, 0.717) is 24.3 Å². The summed E-state index contributed by atoms with van der Waals surface area (Å²) < 4.78 is 5.20. The summed E-state index contributed by atoms with van der Waals surface area (Å²) in [6, 6.07) is 9.05. The van der Waals surface area contributed by atoms with E-state index in [2.05, 4.69) is 0 Å². The van der Waals surface area contributed by atoms with Crippen molar-refractivity contribution >= 4 is 0 Å². The smallest absolute Gasteiger partial charge is 0.0992 e. The summed E-state index contributed by atoms with van der Waals surface area (Å²) in [4.78, 5) is 0. The van der Waals surface area contributed by atoms with E-state index in [1.54, 1.807) is 18.2 Å². The van der Waals surface area contributed by atoms with Crippen LogP contribution in [-0.2, 0) is 11.3 Å². The number of hydrogen-bond acceptors (Lipinski definition) is 3. The first-order valence-electron chi connectivity index (χ1n) is 4.32. The average Bonchev–Trinajstić information content (AvgIpc) is 2.25. The summed E-state index contributed by atoms with van der Waals surface area (Å²) >= 11 is 0. The molecule has 0 aliphatic heterocycles. The highest BCUT2D eigenvalue weighted by Gasteiger charge is 2.00. The predicted octanol–water partition coefficient (Wildman–Crippen LogP) is 1.97. The van der Waals surface area contributed by atoms with Gasteiger partial charge >= 0.3 is 0 Å². The highest BCUT2D eigenvalue weighted by Crippen LogP contribution is 2.10. The van der Waals surface area contributed by atoms with E-state index >= 15 is 0 Å². The number of nitrogens with zero attached hydrogens (tertiary/aromatic N) is 2. The van der Waals surface area contributed by atoms with Gasteiger partial charge in [0.25, 0.3) is 0 Å².